The molecule has 0 unspecified atom stereocenters. The minimum atomic E-state index is -0.180. The van der Waals surface area contributed by atoms with Crippen molar-refractivity contribution in [3.05, 3.63) is 83.6 Å². The van der Waals surface area contributed by atoms with Crippen molar-refractivity contribution in [1.29, 1.82) is 0 Å². The average Bonchev–Trinajstić information content (AvgIpc) is 3.42. The molecule has 5 rings (SSSR count). The number of thiazole rings is 1. The zero-order chi connectivity index (χ0) is 22.1. The fourth-order valence-corrected chi connectivity index (χ4v) is 3.96. The molecule has 158 valence electrons. The van der Waals surface area contributed by atoms with Gasteiger partial charge in [-0.15, -0.1) is 11.3 Å². The third kappa shape index (κ3) is 4.06. The van der Waals surface area contributed by atoms with Crippen molar-refractivity contribution in [3.63, 3.8) is 0 Å². The Bertz CT molecular complexity index is 1420. The van der Waals surface area contributed by atoms with Gasteiger partial charge in [-0.3, -0.25) is 9.36 Å². The van der Waals surface area contributed by atoms with E-state index < -0.39 is 0 Å². The summed E-state index contributed by atoms with van der Waals surface area (Å²) in [4.78, 5) is 29.9. The molecule has 0 aliphatic heterocycles. The first-order valence-electron chi connectivity index (χ1n) is 9.84. The molecule has 0 fully saturated rings. The molecule has 0 bridgehead atoms. The molecule has 3 aromatic heterocycles. The van der Waals surface area contributed by atoms with Gasteiger partial charge in [0, 0.05) is 29.7 Å². The Labute approximate surface area is 187 Å². The predicted molar refractivity (Wildman–Crippen MR) is 123 cm³/mol. The van der Waals surface area contributed by atoms with Gasteiger partial charge in [-0.05, 0) is 56.3 Å². The van der Waals surface area contributed by atoms with Crippen LogP contribution in [0.3, 0.4) is 0 Å². The van der Waals surface area contributed by atoms with E-state index in [9.17, 15) is 4.79 Å². The standard InChI is InChI=1S/C23H18N6O2S/c1-14-26-21(29-10-9-24-15(29)2)12-22(27-14)31-18-6-4-17(5-7-18)28-23(30)16-3-8-19-20(11-16)32-13-25-19/h3-13H,1-2H3,(H,28,30). The highest BCUT2D eigenvalue weighted by Crippen LogP contribution is 2.24. The van der Waals surface area contributed by atoms with Gasteiger partial charge < -0.3 is 10.1 Å². The number of carbonyl (C=O) groups is 1. The van der Waals surface area contributed by atoms with Crippen LogP contribution in [0.4, 0.5) is 5.69 Å². The fraction of sp³-hybridized carbons (Fsp3) is 0.0870. The first-order valence-corrected chi connectivity index (χ1v) is 10.7. The topological polar surface area (TPSA) is 94.8 Å². The summed E-state index contributed by atoms with van der Waals surface area (Å²) in [6, 6.07) is 14.3. The van der Waals surface area contributed by atoms with Gasteiger partial charge in [0.2, 0.25) is 5.88 Å². The van der Waals surface area contributed by atoms with Crippen LogP contribution in [0.5, 0.6) is 11.6 Å². The van der Waals surface area contributed by atoms with Gasteiger partial charge in [0.1, 0.15) is 23.2 Å². The molecule has 2 aromatic carbocycles. The number of hydrogen-bond donors (Lipinski definition) is 1. The highest BCUT2D eigenvalue weighted by atomic mass is 32.1. The molecule has 0 atom stereocenters. The number of ether oxygens (including phenoxy) is 1. The Balaban J connectivity index is 1.30. The number of nitrogens with one attached hydrogen (secondary N) is 1. The zero-order valence-corrected chi connectivity index (χ0v) is 18.1. The summed E-state index contributed by atoms with van der Waals surface area (Å²) in [6.07, 6.45) is 3.56. The first kappa shape index (κ1) is 19.8. The maximum atomic E-state index is 12.6. The predicted octanol–water partition coefficient (Wildman–Crippen LogP) is 4.93. The van der Waals surface area contributed by atoms with Crippen molar-refractivity contribution in [3.8, 4) is 17.4 Å². The highest BCUT2D eigenvalue weighted by molar-refractivity contribution is 7.16. The maximum Gasteiger partial charge on any atom is 0.255 e. The third-order valence-corrected chi connectivity index (χ3v) is 5.59. The van der Waals surface area contributed by atoms with E-state index >= 15 is 0 Å². The summed E-state index contributed by atoms with van der Waals surface area (Å²) in [5.74, 6) is 2.94. The number of rotatable bonds is 5. The first-order chi connectivity index (χ1) is 15.5. The number of carbonyl (C=O) groups excluding carboxylic acids is 1. The van der Waals surface area contributed by atoms with E-state index in [0.717, 1.165) is 16.0 Å². The Kier molecular flexibility index (Phi) is 5.08. The minimum absolute atomic E-state index is 0.180. The van der Waals surface area contributed by atoms with E-state index in [2.05, 4.69) is 25.3 Å². The zero-order valence-electron chi connectivity index (χ0n) is 17.3. The molecule has 1 amide bonds. The lowest BCUT2D eigenvalue weighted by molar-refractivity contribution is 0.102. The Morgan fingerprint density at radius 1 is 1.03 bits per heavy atom. The maximum absolute atomic E-state index is 12.6. The molecule has 0 spiro atoms. The number of imidazole rings is 1. The molecule has 3 heterocycles. The molecular weight excluding hydrogens is 424 g/mol. The molecule has 32 heavy (non-hydrogen) atoms. The lowest BCUT2D eigenvalue weighted by atomic mass is 10.2. The molecule has 1 N–H and O–H groups in total. The van der Waals surface area contributed by atoms with E-state index in [-0.39, 0.29) is 5.91 Å². The molecule has 8 nitrogen and oxygen atoms in total. The lowest BCUT2D eigenvalue weighted by Gasteiger charge is -2.10. The highest BCUT2D eigenvalue weighted by Gasteiger charge is 2.10. The van der Waals surface area contributed by atoms with Crippen molar-refractivity contribution in [1.82, 2.24) is 24.5 Å². The summed E-state index contributed by atoms with van der Waals surface area (Å²) in [5.41, 5.74) is 3.91. The van der Waals surface area contributed by atoms with Crippen LogP contribution < -0.4 is 10.1 Å². The monoisotopic (exact) mass is 442 g/mol. The van der Waals surface area contributed by atoms with E-state index in [1.807, 2.05) is 36.7 Å². The van der Waals surface area contributed by atoms with Crippen molar-refractivity contribution in [2.75, 3.05) is 5.32 Å². The molecule has 5 aromatic rings. The number of fused-ring (bicyclic) bond motifs is 1. The number of aromatic nitrogens is 5. The van der Waals surface area contributed by atoms with E-state index in [0.29, 0.717) is 34.5 Å². The van der Waals surface area contributed by atoms with Gasteiger partial charge in [0.05, 0.1) is 15.7 Å². The van der Waals surface area contributed by atoms with E-state index in [4.69, 9.17) is 4.74 Å². The SMILES string of the molecule is Cc1nc(Oc2ccc(NC(=O)c3ccc4ncsc4c3)cc2)cc(-n2ccnc2C)n1. The van der Waals surface area contributed by atoms with Crippen molar-refractivity contribution in [2.24, 2.45) is 0 Å². The smallest absolute Gasteiger partial charge is 0.255 e. The lowest BCUT2D eigenvalue weighted by Crippen LogP contribution is -2.11. The second-order valence-corrected chi connectivity index (χ2v) is 7.96. The van der Waals surface area contributed by atoms with Crippen LogP contribution in [-0.4, -0.2) is 30.4 Å². The average molecular weight is 443 g/mol. The van der Waals surface area contributed by atoms with Gasteiger partial charge in [0.15, 0.2) is 0 Å². The van der Waals surface area contributed by atoms with Crippen LogP contribution >= 0.6 is 11.3 Å². The van der Waals surface area contributed by atoms with Crippen LogP contribution in [0, 0.1) is 13.8 Å². The van der Waals surface area contributed by atoms with Crippen LogP contribution in [-0.2, 0) is 0 Å². The summed E-state index contributed by atoms with van der Waals surface area (Å²) < 4.78 is 8.76. The van der Waals surface area contributed by atoms with Crippen LogP contribution in [0.2, 0.25) is 0 Å². The number of anilines is 1. The molecule has 0 aliphatic rings. The Morgan fingerprint density at radius 3 is 2.66 bits per heavy atom. The number of amides is 1. The van der Waals surface area contributed by atoms with E-state index in [1.54, 1.807) is 48.1 Å². The van der Waals surface area contributed by atoms with Crippen LogP contribution in [0.25, 0.3) is 16.0 Å². The number of aryl methyl sites for hydroxylation is 2. The molecule has 0 saturated heterocycles. The fourth-order valence-electron chi connectivity index (χ4n) is 3.25. The number of benzene rings is 2. The van der Waals surface area contributed by atoms with Crippen molar-refractivity contribution >= 4 is 33.1 Å². The van der Waals surface area contributed by atoms with Crippen molar-refractivity contribution in [2.45, 2.75) is 13.8 Å². The molecule has 0 saturated carbocycles. The second-order valence-electron chi connectivity index (χ2n) is 7.07. The van der Waals surface area contributed by atoms with Gasteiger partial charge in [0.25, 0.3) is 5.91 Å². The summed E-state index contributed by atoms with van der Waals surface area (Å²) in [5, 5.41) is 2.90. The second kappa shape index (κ2) is 8.20. The van der Waals surface area contributed by atoms with Crippen LogP contribution in [0.1, 0.15) is 22.0 Å². The molecule has 0 radical (unpaired) electrons. The summed E-state index contributed by atoms with van der Waals surface area (Å²) in [7, 11) is 0. The van der Waals surface area contributed by atoms with E-state index in [1.165, 1.54) is 11.3 Å². The van der Waals surface area contributed by atoms with Gasteiger partial charge in [-0.2, -0.15) is 4.98 Å². The Hall–Kier alpha value is -4.11. The quantitative estimate of drug-likeness (QED) is 0.415. The Morgan fingerprint density at radius 2 is 1.88 bits per heavy atom. The number of nitrogens with zero attached hydrogens (tertiary/aromatic N) is 5. The normalized spacial score (nSPS) is 10.9. The summed E-state index contributed by atoms with van der Waals surface area (Å²) in [6.45, 7) is 3.71. The number of hydrogen-bond acceptors (Lipinski definition) is 7. The third-order valence-electron chi connectivity index (χ3n) is 4.80. The van der Waals surface area contributed by atoms with Crippen molar-refractivity contribution < 1.29 is 9.53 Å². The summed E-state index contributed by atoms with van der Waals surface area (Å²) >= 11 is 1.51. The van der Waals surface area contributed by atoms with Gasteiger partial charge >= 0.3 is 0 Å². The van der Waals surface area contributed by atoms with Gasteiger partial charge in [-0.25, -0.2) is 15.0 Å². The minimum Gasteiger partial charge on any atom is -0.439 e. The molecule has 9 heteroatoms. The largest absolute Gasteiger partial charge is 0.439 e. The van der Waals surface area contributed by atoms with Gasteiger partial charge in [-0.1, -0.05) is 0 Å². The molecule has 0 aliphatic carbocycles. The molecular formula is C23H18N6O2S. The van der Waals surface area contributed by atoms with Crippen LogP contribution in [0.15, 0.2) is 66.4 Å².